The smallest absolute Gasteiger partial charge is 0.130 e. The summed E-state index contributed by atoms with van der Waals surface area (Å²) in [5.74, 6) is 0.938. The van der Waals surface area contributed by atoms with Crippen molar-refractivity contribution in [1.82, 2.24) is 4.98 Å². The van der Waals surface area contributed by atoms with Crippen LogP contribution < -0.4 is 11.1 Å². The molecule has 0 aliphatic heterocycles. The Balaban J connectivity index is 2.80. The van der Waals surface area contributed by atoms with Gasteiger partial charge in [-0.2, -0.15) is 0 Å². The third-order valence-electron chi connectivity index (χ3n) is 3.68. The van der Waals surface area contributed by atoms with Gasteiger partial charge in [-0.25, -0.2) is 9.37 Å². The summed E-state index contributed by atoms with van der Waals surface area (Å²) in [6.07, 6.45) is 6.61. The van der Waals surface area contributed by atoms with Crippen LogP contribution in [0.15, 0.2) is 42.4 Å². The number of hydrogen-bond acceptors (Lipinski definition) is 3. The second-order valence-electron chi connectivity index (χ2n) is 6.09. The predicted octanol–water partition coefficient (Wildman–Crippen LogP) is 4.88. The van der Waals surface area contributed by atoms with Crippen LogP contribution in [0.5, 0.6) is 0 Å². The molecule has 0 aliphatic carbocycles. The highest BCUT2D eigenvalue weighted by molar-refractivity contribution is 5.47. The highest BCUT2D eigenvalue weighted by atomic mass is 19.1. The van der Waals surface area contributed by atoms with E-state index in [1.807, 2.05) is 6.08 Å². The molecule has 1 atom stereocenters. The third kappa shape index (κ3) is 5.51. The van der Waals surface area contributed by atoms with Gasteiger partial charge < -0.3 is 11.1 Å². The fourth-order valence-corrected chi connectivity index (χ4v) is 2.34. The Labute approximate surface area is 133 Å². The second kappa shape index (κ2) is 7.97. The van der Waals surface area contributed by atoms with Crippen LogP contribution in [0.3, 0.4) is 0 Å². The Bertz CT molecular complexity index is 529. The first-order chi connectivity index (χ1) is 10.3. The summed E-state index contributed by atoms with van der Waals surface area (Å²) in [5, 5.41) is 3.08. The van der Waals surface area contributed by atoms with Gasteiger partial charge in [0.05, 0.1) is 0 Å². The summed E-state index contributed by atoms with van der Waals surface area (Å²) in [4.78, 5) is 4.19. The van der Waals surface area contributed by atoms with Crippen LogP contribution in [0.1, 0.15) is 52.5 Å². The zero-order valence-corrected chi connectivity index (χ0v) is 14.1. The van der Waals surface area contributed by atoms with Gasteiger partial charge in [0.1, 0.15) is 11.5 Å². The van der Waals surface area contributed by atoms with Crippen molar-refractivity contribution < 1.29 is 4.39 Å². The Kier molecular flexibility index (Phi) is 6.60. The van der Waals surface area contributed by atoms with Gasteiger partial charge in [-0.1, -0.05) is 26.8 Å². The van der Waals surface area contributed by atoms with Gasteiger partial charge >= 0.3 is 0 Å². The maximum Gasteiger partial charge on any atom is 0.130 e. The van der Waals surface area contributed by atoms with Gasteiger partial charge in [-0.3, -0.25) is 0 Å². The molecule has 3 nitrogen and oxygen atoms in total. The van der Waals surface area contributed by atoms with Crippen molar-refractivity contribution in [3.63, 3.8) is 0 Å². The predicted molar refractivity (Wildman–Crippen MR) is 92.1 cm³/mol. The van der Waals surface area contributed by atoms with Crippen LogP contribution >= 0.6 is 0 Å². The molecule has 122 valence electrons. The quantitative estimate of drug-likeness (QED) is 0.673. The lowest BCUT2D eigenvalue weighted by atomic mass is 9.96. The van der Waals surface area contributed by atoms with E-state index < -0.39 is 5.67 Å². The van der Waals surface area contributed by atoms with Crippen LogP contribution in [-0.4, -0.2) is 4.98 Å². The molecule has 0 radical (unpaired) electrons. The van der Waals surface area contributed by atoms with E-state index >= 15 is 0 Å². The number of pyridine rings is 1. The van der Waals surface area contributed by atoms with E-state index in [1.54, 1.807) is 18.3 Å². The minimum Gasteiger partial charge on any atom is -0.402 e. The zero-order valence-electron chi connectivity index (χ0n) is 14.1. The number of nitrogens with two attached hydrogens (primary N) is 1. The maximum atomic E-state index is 14.0. The molecular weight excluding hydrogens is 277 g/mol. The number of hydrogen-bond donors (Lipinski definition) is 2. The molecule has 0 saturated heterocycles. The topological polar surface area (TPSA) is 50.9 Å². The molecule has 0 fully saturated rings. The second-order valence-corrected chi connectivity index (χ2v) is 6.09. The number of halogens is 1. The lowest BCUT2D eigenvalue weighted by molar-refractivity contribution is 0.221. The largest absolute Gasteiger partial charge is 0.402 e. The monoisotopic (exact) mass is 305 g/mol. The van der Waals surface area contributed by atoms with Gasteiger partial charge in [0.15, 0.2) is 0 Å². The molecule has 0 amide bonds. The Morgan fingerprint density at radius 3 is 2.73 bits per heavy atom. The number of aromatic nitrogens is 1. The van der Waals surface area contributed by atoms with E-state index in [4.69, 9.17) is 5.73 Å². The number of rotatable bonds is 8. The highest BCUT2D eigenvalue weighted by Gasteiger charge is 2.19. The fourth-order valence-electron chi connectivity index (χ4n) is 2.34. The van der Waals surface area contributed by atoms with E-state index in [2.05, 4.69) is 30.7 Å². The van der Waals surface area contributed by atoms with Gasteiger partial charge in [0.2, 0.25) is 0 Å². The minimum atomic E-state index is -1.40. The summed E-state index contributed by atoms with van der Waals surface area (Å²) >= 11 is 0. The van der Waals surface area contributed by atoms with Gasteiger partial charge in [-0.15, -0.1) is 0 Å². The molecule has 0 aliphatic rings. The lowest BCUT2D eigenvalue weighted by Crippen LogP contribution is -2.13. The fraction of sp³-hybridized carbons (Fsp3) is 0.500. The van der Waals surface area contributed by atoms with Crippen molar-refractivity contribution in [2.75, 3.05) is 5.32 Å². The normalized spacial score (nSPS) is 13.8. The number of nitrogens with zero attached hydrogens (tertiary/aromatic N) is 1. The first kappa shape index (κ1) is 18.2. The van der Waals surface area contributed by atoms with Crippen molar-refractivity contribution >= 4 is 5.82 Å². The van der Waals surface area contributed by atoms with Crippen molar-refractivity contribution in [2.24, 2.45) is 11.7 Å². The molecule has 4 heteroatoms. The molecule has 1 unspecified atom stereocenters. The molecule has 1 heterocycles. The molecule has 0 saturated carbocycles. The average Bonchev–Trinajstić information content (AvgIpc) is 2.43. The summed E-state index contributed by atoms with van der Waals surface area (Å²) in [5.41, 5.74) is 6.81. The molecule has 1 aromatic heterocycles. The Morgan fingerprint density at radius 1 is 1.50 bits per heavy atom. The van der Waals surface area contributed by atoms with Crippen molar-refractivity contribution in [2.45, 2.75) is 52.6 Å². The maximum absolute atomic E-state index is 14.0. The first-order valence-electron chi connectivity index (χ1n) is 7.86. The Hall–Kier alpha value is -1.84. The minimum absolute atomic E-state index is 0.368. The van der Waals surface area contributed by atoms with Gasteiger partial charge in [-0.05, 0) is 56.4 Å². The molecule has 0 spiro atoms. The molecule has 1 rings (SSSR count). The van der Waals surface area contributed by atoms with Crippen molar-refractivity contribution in [1.29, 1.82) is 0 Å². The van der Waals surface area contributed by atoms with E-state index in [0.717, 1.165) is 25.0 Å². The molecular formula is C18H28FN3. The Morgan fingerprint density at radius 2 is 2.18 bits per heavy atom. The summed E-state index contributed by atoms with van der Waals surface area (Å²) in [7, 11) is 0. The van der Waals surface area contributed by atoms with Crippen LogP contribution in [0.2, 0.25) is 0 Å². The summed E-state index contributed by atoms with van der Waals surface area (Å²) in [6, 6.07) is 3.37. The number of allylic oxidation sites excluding steroid dienone is 2. The van der Waals surface area contributed by atoms with E-state index in [1.165, 1.54) is 13.8 Å². The van der Waals surface area contributed by atoms with E-state index in [-0.39, 0.29) is 0 Å². The van der Waals surface area contributed by atoms with Crippen LogP contribution in [0.4, 0.5) is 10.2 Å². The SMILES string of the molecule is C=C(/C=C(\N)C(CC)CCC)Nc1cc(C(C)(C)F)ccn1. The van der Waals surface area contributed by atoms with Gasteiger partial charge in [0, 0.05) is 17.6 Å². The standard InChI is InChI=1S/C18H28FN3/c1-6-8-14(7-2)16(20)11-13(3)22-17-12-15(9-10-21-17)18(4,5)19/h9-12,14H,3,6-8,20H2,1-2,4-5H3,(H,21,22)/b16-11-. The zero-order chi connectivity index (χ0) is 16.8. The molecule has 0 aromatic carbocycles. The summed E-state index contributed by atoms with van der Waals surface area (Å²) in [6.45, 7) is 11.3. The lowest BCUT2D eigenvalue weighted by Gasteiger charge is -2.17. The van der Waals surface area contributed by atoms with Crippen LogP contribution in [0, 0.1) is 5.92 Å². The average molecular weight is 305 g/mol. The van der Waals surface area contributed by atoms with Crippen LogP contribution in [-0.2, 0) is 5.67 Å². The van der Waals surface area contributed by atoms with Crippen molar-refractivity contribution in [3.05, 3.63) is 47.9 Å². The molecule has 0 bridgehead atoms. The van der Waals surface area contributed by atoms with E-state index in [9.17, 15) is 4.39 Å². The van der Waals surface area contributed by atoms with Gasteiger partial charge in [0.25, 0.3) is 0 Å². The number of anilines is 1. The number of nitrogens with one attached hydrogen (secondary N) is 1. The molecule has 3 N–H and O–H groups in total. The number of alkyl halides is 1. The molecule has 22 heavy (non-hydrogen) atoms. The van der Waals surface area contributed by atoms with Crippen LogP contribution in [0.25, 0.3) is 0 Å². The molecule has 1 aromatic rings. The first-order valence-corrected chi connectivity index (χ1v) is 7.86. The summed E-state index contributed by atoms with van der Waals surface area (Å²) < 4.78 is 14.0. The van der Waals surface area contributed by atoms with Crippen molar-refractivity contribution in [3.8, 4) is 0 Å². The third-order valence-corrected chi connectivity index (χ3v) is 3.68. The highest BCUT2D eigenvalue weighted by Crippen LogP contribution is 2.26. The van der Waals surface area contributed by atoms with E-state index in [0.29, 0.717) is 23.0 Å².